The Hall–Kier alpha value is -1.53. The molecular formula is C15H19NO2. The van der Waals surface area contributed by atoms with Crippen molar-refractivity contribution >= 4 is 0 Å². The van der Waals surface area contributed by atoms with E-state index in [1.54, 1.807) is 7.11 Å². The Bertz CT molecular complexity index is 431. The lowest BCUT2D eigenvalue weighted by atomic mass is 9.98. The van der Waals surface area contributed by atoms with Crippen LogP contribution in [0.1, 0.15) is 43.2 Å². The molecule has 0 heterocycles. The van der Waals surface area contributed by atoms with E-state index in [9.17, 15) is 0 Å². The maximum absolute atomic E-state index is 9.02. The number of methoxy groups -OCH3 is 1. The first kappa shape index (κ1) is 12.9. The third kappa shape index (κ3) is 3.24. The second-order valence-electron chi connectivity index (χ2n) is 4.72. The summed E-state index contributed by atoms with van der Waals surface area (Å²) in [4.78, 5) is 0. The molecule has 0 amide bonds. The fourth-order valence-electron chi connectivity index (χ4n) is 2.38. The number of ether oxygens (including phenoxy) is 2. The highest BCUT2D eigenvalue weighted by Crippen LogP contribution is 2.23. The van der Waals surface area contributed by atoms with Crippen molar-refractivity contribution in [3.63, 3.8) is 0 Å². The van der Waals surface area contributed by atoms with Crippen LogP contribution in [0.25, 0.3) is 0 Å². The van der Waals surface area contributed by atoms with E-state index in [2.05, 4.69) is 6.07 Å². The number of hydrogen-bond acceptors (Lipinski definition) is 3. The van der Waals surface area contributed by atoms with Gasteiger partial charge in [-0.25, -0.2) is 0 Å². The smallest absolute Gasteiger partial charge is 0.136 e. The van der Waals surface area contributed by atoms with Crippen molar-refractivity contribution in [3.8, 4) is 11.8 Å². The number of hydrogen-bond donors (Lipinski definition) is 0. The standard InChI is InChI=1S/C15H19NO2/c1-17-15-8-7-12(9-13(15)10-16)11-18-14-5-3-2-4-6-14/h7-9,14H,2-6,11H2,1H3. The summed E-state index contributed by atoms with van der Waals surface area (Å²) in [6.07, 6.45) is 6.61. The second kappa shape index (κ2) is 6.42. The lowest BCUT2D eigenvalue weighted by molar-refractivity contribution is 0.0168. The maximum atomic E-state index is 9.02. The van der Waals surface area contributed by atoms with Gasteiger partial charge in [0, 0.05) is 0 Å². The summed E-state index contributed by atoms with van der Waals surface area (Å²) in [6.45, 7) is 0.587. The van der Waals surface area contributed by atoms with E-state index in [-0.39, 0.29) is 0 Å². The second-order valence-corrected chi connectivity index (χ2v) is 4.72. The first-order valence-corrected chi connectivity index (χ1v) is 6.52. The minimum Gasteiger partial charge on any atom is -0.495 e. The number of nitrogens with zero attached hydrogens (tertiary/aromatic N) is 1. The van der Waals surface area contributed by atoms with Gasteiger partial charge in [0.2, 0.25) is 0 Å². The van der Waals surface area contributed by atoms with Gasteiger partial charge in [-0.05, 0) is 30.5 Å². The van der Waals surface area contributed by atoms with Crippen molar-refractivity contribution in [1.82, 2.24) is 0 Å². The highest BCUT2D eigenvalue weighted by molar-refractivity contribution is 5.45. The molecule has 0 aromatic heterocycles. The quantitative estimate of drug-likeness (QED) is 0.816. The molecule has 1 aromatic carbocycles. The Kier molecular flexibility index (Phi) is 4.60. The van der Waals surface area contributed by atoms with Gasteiger partial charge >= 0.3 is 0 Å². The third-order valence-corrected chi connectivity index (χ3v) is 3.42. The highest BCUT2D eigenvalue weighted by Gasteiger charge is 2.14. The molecule has 18 heavy (non-hydrogen) atoms. The number of benzene rings is 1. The van der Waals surface area contributed by atoms with E-state index in [0.717, 1.165) is 5.56 Å². The van der Waals surface area contributed by atoms with E-state index in [0.29, 0.717) is 24.0 Å². The van der Waals surface area contributed by atoms with Crippen LogP contribution in [0.5, 0.6) is 5.75 Å². The van der Waals surface area contributed by atoms with Gasteiger partial charge in [-0.3, -0.25) is 0 Å². The van der Waals surface area contributed by atoms with Gasteiger partial charge in [-0.1, -0.05) is 25.3 Å². The number of rotatable bonds is 4. The van der Waals surface area contributed by atoms with E-state index in [4.69, 9.17) is 14.7 Å². The Morgan fingerprint density at radius 1 is 1.28 bits per heavy atom. The van der Waals surface area contributed by atoms with Crippen molar-refractivity contribution < 1.29 is 9.47 Å². The summed E-state index contributed by atoms with van der Waals surface area (Å²) in [5.74, 6) is 0.624. The van der Waals surface area contributed by atoms with Crippen molar-refractivity contribution in [1.29, 1.82) is 5.26 Å². The molecule has 1 saturated carbocycles. The molecule has 0 atom stereocenters. The molecule has 96 valence electrons. The predicted molar refractivity (Wildman–Crippen MR) is 69.4 cm³/mol. The molecule has 3 heteroatoms. The van der Waals surface area contributed by atoms with Crippen LogP contribution >= 0.6 is 0 Å². The first-order valence-electron chi connectivity index (χ1n) is 6.52. The van der Waals surface area contributed by atoms with Gasteiger partial charge in [0.25, 0.3) is 0 Å². The molecule has 1 fully saturated rings. The SMILES string of the molecule is COc1ccc(COC2CCCCC2)cc1C#N. The first-order chi connectivity index (χ1) is 8.83. The van der Waals surface area contributed by atoms with Crippen molar-refractivity contribution in [3.05, 3.63) is 29.3 Å². The zero-order chi connectivity index (χ0) is 12.8. The fourth-order valence-corrected chi connectivity index (χ4v) is 2.38. The highest BCUT2D eigenvalue weighted by atomic mass is 16.5. The number of nitriles is 1. The van der Waals surface area contributed by atoms with Crippen LogP contribution in [0, 0.1) is 11.3 Å². The Morgan fingerprint density at radius 3 is 2.72 bits per heavy atom. The van der Waals surface area contributed by atoms with Gasteiger partial charge in [0.15, 0.2) is 0 Å². The average molecular weight is 245 g/mol. The molecule has 0 saturated heterocycles. The molecule has 0 radical (unpaired) electrons. The molecule has 0 N–H and O–H groups in total. The van der Waals surface area contributed by atoms with Crippen LogP contribution in [0.2, 0.25) is 0 Å². The predicted octanol–water partition coefficient (Wildman–Crippen LogP) is 3.42. The molecule has 0 bridgehead atoms. The summed E-state index contributed by atoms with van der Waals surface area (Å²) in [5.41, 5.74) is 1.61. The largest absolute Gasteiger partial charge is 0.495 e. The van der Waals surface area contributed by atoms with E-state index >= 15 is 0 Å². The minimum atomic E-state index is 0.395. The van der Waals surface area contributed by atoms with Crippen LogP contribution in [0.4, 0.5) is 0 Å². The van der Waals surface area contributed by atoms with E-state index in [1.165, 1.54) is 32.1 Å². The zero-order valence-corrected chi connectivity index (χ0v) is 10.8. The Morgan fingerprint density at radius 2 is 2.06 bits per heavy atom. The van der Waals surface area contributed by atoms with Crippen molar-refractivity contribution in [2.24, 2.45) is 0 Å². The van der Waals surface area contributed by atoms with E-state index in [1.807, 2.05) is 18.2 Å². The molecule has 3 nitrogen and oxygen atoms in total. The van der Waals surface area contributed by atoms with Crippen LogP contribution in [-0.2, 0) is 11.3 Å². The van der Waals surface area contributed by atoms with Crippen LogP contribution < -0.4 is 4.74 Å². The molecule has 2 rings (SSSR count). The van der Waals surface area contributed by atoms with Gasteiger partial charge in [-0.2, -0.15) is 5.26 Å². The normalized spacial score (nSPS) is 16.2. The molecule has 0 unspecified atom stereocenters. The summed E-state index contributed by atoms with van der Waals surface area (Å²) >= 11 is 0. The van der Waals surface area contributed by atoms with Gasteiger partial charge in [-0.15, -0.1) is 0 Å². The molecule has 0 aliphatic heterocycles. The monoisotopic (exact) mass is 245 g/mol. The Labute approximate surface area is 108 Å². The lowest BCUT2D eigenvalue weighted by Gasteiger charge is -2.22. The molecular weight excluding hydrogens is 226 g/mol. The minimum absolute atomic E-state index is 0.395. The van der Waals surface area contributed by atoms with Gasteiger partial charge in [0.05, 0.1) is 25.4 Å². The van der Waals surface area contributed by atoms with Crippen molar-refractivity contribution in [2.45, 2.75) is 44.8 Å². The molecule has 1 aromatic rings. The van der Waals surface area contributed by atoms with Crippen LogP contribution in [-0.4, -0.2) is 13.2 Å². The Balaban J connectivity index is 1.95. The molecule has 1 aliphatic rings. The van der Waals surface area contributed by atoms with Crippen molar-refractivity contribution in [2.75, 3.05) is 7.11 Å². The van der Waals surface area contributed by atoms with E-state index < -0.39 is 0 Å². The lowest BCUT2D eigenvalue weighted by Crippen LogP contribution is -2.16. The van der Waals surface area contributed by atoms with Gasteiger partial charge < -0.3 is 9.47 Å². The molecule has 0 spiro atoms. The average Bonchev–Trinajstić information content (AvgIpc) is 2.45. The maximum Gasteiger partial charge on any atom is 0.136 e. The zero-order valence-electron chi connectivity index (χ0n) is 10.8. The van der Waals surface area contributed by atoms with Crippen LogP contribution in [0.3, 0.4) is 0 Å². The fraction of sp³-hybridized carbons (Fsp3) is 0.533. The third-order valence-electron chi connectivity index (χ3n) is 3.42. The summed E-state index contributed by atoms with van der Waals surface area (Å²) in [5, 5.41) is 9.02. The summed E-state index contributed by atoms with van der Waals surface area (Å²) < 4.78 is 11.0. The molecule has 1 aliphatic carbocycles. The van der Waals surface area contributed by atoms with Gasteiger partial charge in [0.1, 0.15) is 11.8 Å². The topological polar surface area (TPSA) is 42.2 Å². The van der Waals surface area contributed by atoms with Crippen LogP contribution in [0.15, 0.2) is 18.2 Å². The summed E-state index contributed by atoms with van der Waals surface area (Å²) in [6, 6.07) is 7.79. The summed E-state index contributed by atoms with van der Waals surface area (Å²) in [7, 11) is 1.58.